The Morgan fingerprint density at radius 1 is 0.696 bits per heavy atom. The highest BCUT2D eigenvalue weighted by molar-refractivity contribution is 6.62. The van der Waals surface area contributed by atoms with Gasteiger partial charge in [0.15, 0.2) is 45.3 Å². The molecule has 0 atom stereocenters. The van der Waals surface area contributed by atoms with Gasteiger partial charge in [-0.2, -0.15) is 19.2 Å². The van der Waals surface area contributed by atoms with E-state index in [0.29, 0.717) is 87.2 Å². The van der Waals surface area contributed by atoms with Crippen LogP contribution in [0.3, 0.4) is 0 Å². The summed E-state index contributed by atoms with van der Waals surface area (Å²) in [7, 11) is 3.85. The van der Waals surface area contributed by atoms with E-state index in [9.17, 15) is 18.4 Å². The molecular formula is C46H51ClF2N16O4. The van der Waals surface area contributed by atoms with Crippen LogP contribution in [0.2, 0.25) is 0 Å². The fraction of sp³-hybridized carbons (Fsp3) is 0.391. The molecule has 20 nitrogen and oxygen atoms in total. The topological polar surface area (TPSA) is 217 Å². The van der Waals surface area contributed by atoms with Crippen molar-refractivity contribution in [2.24, 2.45) is 19.8 Å². The molecule has 2 aliphatic heterocycles. The van der Waals surface area contributed by atoms with Crippen LogP contribution in [0.15, 0.2) is 61.2 Å². The number of morpholine rings is 2. The standard InChI is InChI=1S/C23H25FN8O2.C18H18FN7.C5H8ClNO2/c1-30-13-26-20-21(27-16-3-4-16)28-19-11-18(29-32(19)22(20)30)14-2-5-17(24)15(10-14)12-25-23(33)31-6-8-34-9-7-31;1-25-9-21-16-17(22-12-3-4-12)23-15-7-14(24-26(15)18(16)25)10-2-5-13(19)11(6-10)8-20;6-5(8)7-1-3-9-4-2-7/h2,5,10-11,13,16H,3-4,6-9,12H2,1H3,(H,25,33)(H,27,28);2,5-7,9,12H,3-4,8,20H2,1H3,(H,22,23);1-4H2. The van der Waals surface area contributed by atoms with Crippen molar-refractivity contribution in [3.05, 3.63) is 83.9 Å². The molecule has 360 valence electrons. The van der Waals surface area contributed by atoms with E-state index in [0.717, 1.165) is 82.1 Å². The molecular weight excluding hydrogens is 914 g/mol. The normalized spacial score (nSPS) is 16.1. The second-order valence-electron chi connectivity index (χ2n) is 17.3. The molecule has 0 radical (unpaired) electrons. The molecule has 69 heavy (non-hydrogen) atoms. The Morgan fingerprint density at radius 2 is 1.16 bits per heavy atom. The maximum absolute atomic E-state index is 14.5. The zero-order chi connectivity index (χ0) is 47.8. The number of aryl methyl sites for hydroxylation is 2. The second kappa shape index (κ2) is 19.5. The first kappa shape index (κ1) is 45.8. The van der Waals surface area contributed by atoms with Gasteiger partial charge in [-0.25, -0.2) is 33.5 Å². The summed E-state index contributed by atoms with van der Waals surface area (Å²) in [6.07, 6.45) is 8.08. The van der Waals surface area contributed by atoms with Gasteiger partial charge in [0.2, 0.25) is 0 Å². The SMILES string of the molecule is Cn1cnc2c(NC3CC3)nc3cc(-c4ccc(F)c(CN)c4)nn3c21.Cn1cnc2c(NC3CC3)nc3cc(-c4ccc(F)c(CNC(=O)N5CCOCC5)c4)nn3c21.O=C(Cl)N1CCOCC1. The number of hydrogen-bond donors (Lipinski definition) is 4. The first-order chi connectivity index (χ1) is 33.5. The predicted octanol–water partition coefficient (Wildman–Crippen LogP) is 5.67. The van der Waals surface area contributed by atoms with Crippen LogP contribution in [0.5, 0.6) is 0 Å². The van der Waals surface area contributed by atoms with Gasteiger partial charge < -0.3 is 50.1 Å². The zero-order valence-corrected chi connectivity index (χ0v) is 38.8. The van der Waals surface area contributed by atoms with Crippen LogP contribution in [0.1, 0.15) is 36.8 Å². The number of amides is 3. The van der Waals surface area contributed by atoms with Gasteiger partial charge in [0.05, 0.1) is 50.5 Å². The molecule has 2 aromatic carbocycles. The molecule has 0 spiro atoms. The molecule has 0 bridgehead atoms. The van der Waals surface area contributed by atoms with Crippen LogP contribution in [0, 0.1) is 11.6 Å². The number of fused-ring (bicyclic) bond motifs is 6. The molecule has 5 N–H and O–H groups in total. The minimum absolute atomic E-state index is 0.0862. The molecule has 12 rings (SSSR count). The first-order valence-corrected chi connectivity index (χ1v) is 23.2. The Labute approximate surface area is 398 Å². The Morgan fingerprint density at radius 3 is 1.61 bits per heavy atom. The monoisotopic (exact) mass is 964 g/mol. The number of carbonyl (C=O) groups is 2. The molecule has 2 saturated carbocycles. The van der Waals surface area contributed by atoms with Crippen molar-refractivity contribution in [3.63, 3.8) is 0 Å². The molecule has 4 aliphatic rings. The summed E-state index contributed by atoms with van der Waals surface area (Å²) in [5.41, 5.74) is 14.1. The fourth-order valence-corrected chi connectivity index (χ4v) is 8.27. The number of carbonyl (C=O) groups excluding carboxylic acids is 2. The predicted molar refractivity (Wildman–Crippen MR) is 255 cm³/mol. The van der Waals surface area contributed by atoms with E-state index in [1.165, 1.54) is 12.1 Å². The number of hydrogen-bond acceptors (Lipinski definition) is 13. The average molecular weight is 965 g/mol. The van der Waals surface area contributed by atoms with Gasteiger partial charge in [-0.05, 0) is 73.7 Å². The molecule has 4 fully saturated rings. The largest absolute Gasteiger partial charge is 0.378 e. The van der Waals surface area contributed by atoms with Crippen molar-refractivity contribution in [1.82, 2.24) is 63.4 Å². The Hall–Kier alpha value is -7.01. The third-order valence-corrected chi connectivity index (χ3v) is 12.5. The van der Waals surface area contributed by atoms with Crippen molar-refractivity contribution in [2.45, 2.75) is 50.9 Å². The molecule has 2 aliphatic carbocycles. The van der Waals surface area contributed by atoms with Gasteiger partial charge in [0.25, 0.3) is 0 Å². The lowest BCUT2D eigenvalue weighted by molar-refractivity contribution is 0.0531. The summed E-state index contributed by atoms with van der Waals surface area (Å²) >= 11 is 5.19. The van der Waals surface area contributed by atoms with Crippen molar-refractivity contribution < 1.29 is 27.8 Å². The number of nitrogens with zero attached hydrogens (tertiary/aromatic N) is 12. The summed E-state index contributed by atoms with van der Waals surface area (Å²) < 4.78 is 45.9. The van der Waals surface area contributed by atoms with E-state index in [-0.39, 0.29) is 36.1 Å². The van der Waals surface area contributed by atoms with Gasteiger partial charge in [-0.15, -0.1) is 0 Å². The quantitative estimate of drug-likeness (QED) is 0.101. The average Bonchev–Trinajstić information content (AvgIpc) is 4.17. The van der Waals surface area contributed by atoms with Gasteiger partial charge in [-0.1, -0.05) is 0 Å². The molecule has 0 unspecified atom stereocenters. The number of imidazole rings is 2. The lowest BCUT2D eigenvalue weighted by Gasteiger charge is -2.27. The fourth-order valence-electron chi connectivity index (χ4n) is 8.10. The molecule has 6 aromatic heterocycles. The molecule has 8 aromatic rings. The van der Waals surface area contributed by atoms with Crippen molar-refractivity contribution >= 4 is 68.3 Å². The highest BCUT2D eigenvalue weighted by atomic mass is 35.5. The number of urea groups is 1. The van der Waals surface area contributed by atoms with Gasteiger partial charge in [0, 0.05) is 99.8 Å². The number of ether oxygens (including phenoxy) is 2. The lowest BCUT2D eigenvalue weighted by atomic mass is 10.1. The third kappa shape index (κ3) is 9.96. The van der Waals surface area contributed by atoms with Gasteiger partial charge >= 0.3 is 11.4 Å². The summed E-state index contributed by atoms with van der Waals surface area (Å²) in [6.45, 7) is 4.80. The van der Waals surface area contributed by atoms with Crippen LogP contribution in [0.25, 0.3) is 56.1 Å². The zero-order valence-electron chi connectivity index (χ0n) is 38.0. The number of nitrogens with two attached hydrogens (primary N) is 1. The second-order valence-corrected chi connectivity index (χ2v) is 17.7. The number of halogens is 3. The Bertz CT molecular complexity index is 3190. The summed E-state index contributed by atoms with van der Waals surface area (Å²) in [4.78, 5) is 44.5. The van der Waals surface area contributed by atoms with Crippen LogP contribution >= 0.6 is 11.6 Å². The van der Waals surface area contributed by atoms with E-state index in [1.54, 1.807) is 55.8 Å². The minimum atomic E-state index is -0.377. The van der Waals surface area contributed by atoms with E-state index in [2.05, 4.69) is 31.0 Å². The molecule has 8 heterocycles. The molecule has 2 saturated heterocycles. The van der Waals surface area contributed by atoms with Crippen LogP contribution < -0.4 is 21.7 Å². The first-order valence-electron chi connectivity index (χ1n) is 22.9. The number of aromatic nitrogens is 10. The molecule has 3 amide bonds. The Balaban J connectivity index is 0.000000139. The summed E-state index contributed by atoms with van der Waals surface area (Å²) in [5, 5.41) is 18.8. The van der Waals surface area contributed by atoms with E-state index >= 15 is 0 Å². The number of benzene rings is 2. The molecule has 23 heteroatoms. The Kier molecular flexibility index (Phi) is 13.0. The lowest BCUT2D eigenvalue weighted by Crippen LogP contribution is -2.45. The summed E-state index contributed by atoms with van der Waals surface area (Å²) in [5.74, 6) is 0.854. The van der Waals surface area contributed by atoms with Crippen LogP contribution in [-0.2, 0) is 36.7 Å². The highest BCUT2D eigenvalue weighted by Crippen LogP contribution is 2.32. The van der Waals surface area contributed by atoms with Crippen molar-refractivity contribution in [2.75, 3.05) is 63.2 Å². The number of nitrogens with one attached hydrogen (secondary N) is 3. The highest BCUT2D eigenvalue weighted by Gasteiger charge is 2.26. The number of anilines is 2. The smallest absolute Gasteiger partial charge is 0.317 e. The van der Waals surface area contributed by atoms with Crippen LogP contribution in [0.4, 0.5) is 30.0 Å². The van der Waals surface area contributed by atoms with Gasteiger partial charge in [0.1, 0.15) is 11.6 Å². The third-order valence-electron chi connectivity index (χ3n) is 12.2. The number of rotatable bonds is 9. The van der Waals surface area contributed by atoms with E-state index in [1.807, 2.05) is 35.4 Å². The van der Waals surface area contributed by atoms with E-state index < -0.39 is 0 Å². The summed E-state index contributed by atoms with van der Waals surface area (Å²) in [6, 6.07) is 14.2. The van der Waals surface area contributed by atoms with Gasteiger partial charge in [-0.3, -0.25) is 4.79 Å². The van der Waals surface area contributed by atoms with E-state index in [4.69, 9.17) is 41.9 Å². The maximum atomic E-state index is 14.5. The van der Waals surface area contributed by atoms with Crippen molar-refractivity contribution in [1.29, 1.82) is 0 Å². The van der Waals surface area contributed by atoms with Crippen LogP contribution in [-0.4, -0.2) is 134 Å². The van der Waals surface area contributed by atoms with Crippen molar-refractivity contribution in [3.8, 4) is 22.5 Å². The maximum Gasteiger partial charge on any atom is 0.317 e. The minimum Gasteiger partial charge on any atom is -0.378 e.